The zero-order chi connectivity index (χ0) is 13.1. The van der Waals surface area contributed by atoms with E-state index in [2.05, 4.69) is 10.3 Å². The maximum Gasteiger partial charge on any atom is 0.257 e. The standard InChI is InChI=1S/C13H12ClN3O/c1-8-7-9(15)4-5-10(8)13(18)17-12-11(14)3-2-6-16-12/h2-7H,15H2,1H3,(H,16,17,18). The molecule has 1 aromatic carbocycles. The van der Waals surface area contributed by atoms with Gasteiger partial charge in [-0.3, -0.25) is 4.79 Å². The monoisotopic (exact) mass is 261 g/mol. The molecule has 1 heterocycles. The zero-order valence-electron chi connectivity index (χ0n) is 9.77. The van der Waals surface area contributed by atoms with E-state index in [1.165, 1.54) is 0 Å². The van der Waals surface area contributed by atoms with E-state index in [0.717, 1.165) is 5.56 Å². The maximum atomic E-state index is 12.0. The molecule has 0 unspecified atom stereocenters. The van der Waals surface area contributed by atoms with Crippen LogP contribution in [-0.2, 0) is 0 Å². The molecule has 5 heteroatoms. The lowest BCUT2D eigenvalue weighted by Crippen LogP contribution is -2.14. The lowest BCUT2D eigenvalue weighted by atomic mass is 10.1. The summed E-state index contributed by atoms with van der Waals surface area (Å²) in [6.07, 6.45) is 1.57. The number of nitrogens with zero attached hydrogens (tertiary/aromatic N) is 1. The highest BCUT2D eigenvalue weighted by atomic mass is 35.5. The summed E-state index contributed by atoms with van der Waals surface area (Å²) in [7, 11) is 0. The molecule has 0 saturated carbocycles. The number of aryl methyl sites for hydroxylation is 1. The molecule has 0 aliphatic carbocycles. The van der Waals surface area contributed by atoms with Gasteiger partial charge < -0.3 is 11.1 Å². The molecule has 1 amide bonds. The fourth-order valence-corrected chi connectivity index (χ4v) is 1.76. The minimum atomic E-state index is -0.256. The van der Waals surface area contributed by atoms with Crippen LogP contribution in [0.4, 0.5) is 11.5 Å². The van der Waals surface area contributed by atoms with E-state index in [-0.39, 0.29) is 5.91 Å². The van der Waals surface area contributed by atoms with Crippen molar-refractivity contribution in [3.8, 4) is 0 Å². The van der Waals surface area contributed by atoms with E-state index < -0.39 is 0 Å². The summed E-state index contributed by atoms with van der Waals surface area (Å²) < 4.78 is 0. The van der Waals surface area contributed by atoms with Gasteiger partial charge in [-0.05, 0) is 42.8 Å². The van der Waals surface area contributed by atoms with Crippen LogP contribution in [-0.4, -0.2) is 10.9 Å². The summed E-state index contributed by atoms with van der Waals surface area (Å²) in [5, 5.41) is 3.07. The third-order valence-electron chi connectivity index (χ3n) is 2.49. The number of nitrogens with one attached hydrogen (secondary N) is 1. The predicted molar refractivity (Wildman–Crippen MR) is 72.8 cm³/mol. The molecule has 2 aromatic rings. The Morgan fingerprint density at radius 3 is 2.83 bits per heavy atom. The molecule has 92 valence electrons. The number of halogens is 1. The molecule has 4 nitrogen and oxygen atoms in total. The second kappa shape index (κ2) is 5.06. The normalized spacial score (nSPS) is 10.1. The van der Waals surface area contributed by atoms with Crippen LogP contribution >= 0.6 is 11.6 Å². The summed E-state index contributed by atoms with van der Waals surface area (Å²) in [6.45, 7) is 1.82. The van der Waals surface area contributed by atoms with Crippen molar-refractivity contribution in [2.24, 2.45) is 0 Å². The number of carbonyl (C=O) groups is 1. The van der Waals surface area contributed by atoms with E-state index in [0.29, 0.717) is 22.1 Å². The van der Waals surface area contributed by atoms with Gasteiger partial charge in [0.05, 0.1) is 5.02 Å². The highest BCUT2D eigenvalue weighted by molar-refractivity contribution is 6.33. The number of anilines is 2. The number of nitrogens with two attached hydrogens (primary N) is 1. The first-order chi connectivity index (χ1) is 8.58. The van der Waals surface area contributed by atoms with Crippen LogP contribution in [0.15, 0.2) is 36.5 Å². The van der Waals surface area contributed by atoms with E-state index in [1.807, 2.05) is 6.92 Å². The summed E-state index contributed by atoms with van der Waals surface area (Å²) >= 11 is 5.92. The number of benzene rings is 1. The van der Waals surface area contributed by atoms with Gasteiger partial charge in [-0.15, -0.1) is 0 Å². The molecule has 0 fully saturated rings. The van der Waals surface area contributed by atoms with Crippen molar-refractivity contribution in [1.82, 2.24) is 4.98 Å². The van der Waals surface area contributed by atoms with Crippen molar-refractivity contribution >= 4 is 29.0 Å². The average molecular weight is 262 g/mol. The third kappa shape index (κ3) is 2.60. The Kier molecular flexibility index (Phi) is 3.48. The second-order valence-electron chi connectivity index (χ2n) is 3.86. The number of aromatic nitrogens is 1. The van der Waals surface area contributed by atoms with Crippen LogP contribution < -0.4 is 11.1 Å². The van der Waals surface area contributed by atoms with Gasteiger partial charge in [0.15, 0.2) is 5.82 Å². The first kappa shape index (κ1) is 12.4. The fourth-order valence-electron chi connectivity index (χ4n) is 1.59. The first-order valence-electron chi connectivity index (χ1n) is 5.36. The van der Waals surface area contributed by atoms with Crippen molar-refractivity contribution in [1.29, 1.82) is 0 Å². The van der Waals surface area contributed by atoms with Crippen LogP contribution in [0.3, 0.4) is 0 Å². The second-order valence-corrected chi connectivity index (χ2v) is 4.27. The topological polar surface area (TPSA) is 68.0 Å². The molecule has 0 bridgehead atoms. The molecule has 3 N–H and O–H groups in total. The number of amides is 1. The third-order valence-corrected chi connectivity index (χ3v) is 2.79. The molecule has 0 saturated heterocycles. The van der Waals surface area contributed by atoms with Crippen LogP contribution in [0.25, 0.3) is 0 Å². The van der Waals surface area contributed by atoms with Crippen LogP contribution in [0.5, 0.6) is 0 Å². The quantitative estimate of drug-likeness (QED) is 0.817. The first-order valence-corrected chi connectivity index (χ1v) is 5.73. The molecule has 1 aromatic heterocycles. The van der Waals surface area contributed by atoms with Crippen molar-refractivity contribution in [3.05, 3.63) is 52.7 Å². The SMILES string of the molecule is Cc1cc(N)ccc1C(=O)Nc1ncccc1Cl. The molecule has 0 radical (unpaired) electrons. The van der Waals surface area contributed by atoms with Crippen LogP contribution in [0.2, 0.25) is 5.02 Å². The highest BCUT2D eigenvalue weighted by Crippen LogP contribution is 2.19. The Hall–Kier alpha value is -2.07. The van der Waals surface area contributed by atoms with Gasteiger partial charge in [0, 0.05) is 17.4 Å². The lowest BCUT2D eigenvalue weighted by Gasteiger charge is -2.08. The molecule has 0 aliphatic rings. The molecular weight excluding hydrogens is 250 g/mol. The van der Waals surface area contributed by atoms with E-state index in [1.54, 1.807) is 36.5 Å². The smallest absolute Gasteiger partial charge is 0.257 e. The number of rotatable bonds is 2. The molecule has 0 spiro atoms. The Morgan fingerprint density at radius 2 is 2.17 bits per heavy atom. The number of nitrogen functional groups attached to an aromatic ring is 1. The van der Waals surface area contributed by atoms with Crippen molar-refractivity contribution in [2.45, 2.75) is 6.92 Å². The highest BCUT2D eigenvalue weighted by Gasteiger charge is 2.11. The molecular formula is C13H12ClN3O. The number of carbonyl (C=O) groups excluding carboxylic acids is 1. The minimum Gasteiger partial charge on any atom is -0.399 e. The van der Waals surface area contributed by atoms with Gasteiger partial charge in [-0.25, -0.2) is 4.98 Å². The van der Waals surface area contributed by atoms with Gasteiger partial charge >= 0.3 is 0 Å². The van der Waals surface area contributed by atoms with Gasteiger partial charge in [-0.2, -0.15) is 0 Å². The maximum absolute atomic E-state index is 12.0. The van der Waals surface area contributed by atoms with Crippen molar-refractivity contribution in [3.63, 3.8) is 0 Å². The largest absolute Gasteiger partial charge is 0.399 e. The number of hydrogen-bond acceptors (Lipinski definition) is 3. The van der Waals surface area contributed by atoms with Gasteiger partial charge in [-0.1, -0.05) is 11.6 Å². The van der Waals surface area contributed by atoms with Gasteiger partial charge in [0.25, 0.3) is 5.91 Å². The van der Waals surface area contributed by atoms with E-state index >= 15 is 0 Å². The summed E-state index contributed by atoms with van der Waals surface area (Å²) in [5.41, 5.74) is 7.62. The van der Waals surface area contributed by atoms with Crippen LogP contribution in [0, 0.1) is 6.92 Å². The Labute approximate surface area is 110 Å². The van der Waals surface area contributed by atoms with Gasteiger partial charge in [0.2, 0.25) is 0 Å². The molecule has 0 aliphatic heterocycles. The van der Waals surface area contributed by atoms with Crippen LogP contribution in [0.1, 0.15) is 15.9 Å². The van der Waals surface area contributed by atoms with Gasteiger partial charge in [0.1, 0.15) is 0 Å². The Balaban J connectivity index is 2.25. The molecule has 2 rings (SSSR count). The van der Waals surface area contributed by atoms with Crippen molar-refractivity contribution in [2.75, 3.05) is 11.1 Å². The summed E-state index contributed by atoms with van der Waals surface area (Å²) in [5.74, 6) is 0.0912. The zero-order valence-corrected chi connectivity index (χ0v) is 10.5. The predicted octanol–water partition coefficient (Wildman–Crippen LogP) is 2.88. The van der Waals surface area contributed by atoms with E-state index in [9.17, 15) is 4.79 Å². The molecule has 0 atom stereocenters. The fraction of sp³-hybridized carbons (Fsp3) is 0.0769. The summed E-state index contributed by atoms with van der Waals surface area (Å²) in [4.78, 5) is 16.1. The number of pyridine rings is 1. The molecule has 18 heavy (non-hydrogen) atoms. The lowest BCUT2D eigenvalue weighted by molar-refractivity contribution is 0.102. The Bertz CT molecular complexity index is 599. The Morgan fingerprint density at radius 1 is 1.39 bits per heavy atom. The summed E-state index contributed by atoms with van der Waals surface area (Å²) in [6, 6.07) is 8.47. The minimum absolute atomic E-state index is 0.256. The van der Waals surface area contributed by atoms with Crippen molar-refractivity contribution < 1.29 is 4.79 Å². The average Bonchev–Trinajstić information content (AvgIpc) is 2.32. The van der Waals surface area contributed by atoms with E-state index in [4.69, 9.17) is 17.3 Å². The number of hydrogen-bond donors (Lipinski definition) is 2.